The molecule has 78 valence electrons. The van der Waals surface area contributed by atoms with Crippen molar-refractivity contribution in [3.05, 3.63) is 22.3 Å². The number of hydrogen-bond acceptors (Lipinski definition) is 2. The minimum absolute atomic E-state index is 0.0391. The molecule has 0 unspecified atom stereocenters. The van der Waals surface area contributed by atoms with E-state index in [4.69, 9.17) is 27.9 Å². The Kier molecular flexibility index (Phi) is 3.89. The molecule has 0 amide bonds. The lowest BCUT2D eigenvalue weighted by atomic mass is 10.2. The molecule has 1 aromatic rings. The Hall–Kier alpha value is -0.610. The van der Waals surface area contributed by atoms with E-state index >= 15 is 0 Å². The van der Waals surface area contributed by atoms with Crippen LogP contribution in [0, 0.1) is 0 Å². The highest BCUT2D eigenvalue weighted by molar-refractivity contribution is 6.32. The van der Waals surface area contributed by atoms with E-state index < -0.39 is 12.1 Å². The average Bonchev–Trinajstić information content (AvgIpc) is 2.17. The summed E-state index contributed by atoms with van der Waals surface area (Å²) in [5, 5.41) is -0.101. The number of aromatic nitrogens is 1. The molecule has 0 saturated heterocycles. The molecule has 0 aliphatic heterocycles. The zero-order valence-corrected chi connectivity index (χ0v) is 8.74. The van der Waals surface area contributed by atoms with Crippen LogP contribution in [-0.2, 0) is 5.88 Å². The van der Waals surface area contributed by atoms with Gasteiger partial charge in [-0.3, -0.25) is 0 Å². The van der Waals surface area contributed by atoms with Crippen molar-refractivity contribution in [2.75, 3.05) is 7.11 Å². The molecular formula is C8H7Cl2F2NO. The number of alkyl halides is 3. The third kappa shape index (κ3) is 2.25. The molecule has 0 aliphatic carbocycles. The van der Waals surface area contributed by atoms with E-state index in [0.29, 0.717) is 5.56 Å². The fourth-order valence-corrected chi connectivity index (χ4v) is 1.45. The fraction of sp³-hybridized carbons (Fsp3) is 0.375. The first-order valence-electron chi connectivity index (χ1n) is 3.67. The van der Waals surface area contributed by atoms with Crippen molar-refractivity contribution in [1.82, 2.24) is 4.98 Å². The Morgan fingerprint density at radius 1 is 1.57 bits per heavy atom. The van der Waals surface area contributed by atoms with E-state index in [0.717, 1.165) is 0 Å². The molecule has 0 radical (unpaired) electrons. The maximum absolute atomic E-state index is 12.4. The lowest BCUT2D eigenvalue weighted by Gasteiger charge is -2.08. The molecule has 0 spiro atoms. The zero-order chi connectivity index (χ0) is 10.7. The smallest absolute Gasteiger partial charge is 0.281 e. The summed E-state index contributed by atoms with van der Waals surface area (Å²) in [6, 6.07) is 1.43. The van der Waals surface area contributed by atoms with Gasteiger partial charge in [-0.2, -0.15) is 0 Å². The number of nitrogens with zero attached hydrogens (tertiary/aromatic N) is 1. The van der Waals surface area contributed by atoms with Gasteiger partial charge in [-0.05, 0) is 5.56 Å². The van der Waals surface area contributed by atoms with Crippen LogP contribution in [0.2, 0.25) is 5.02 Å². The first-order valence-corrected chi connectivity index (χ1v) is 4.58. The summed E-state index contributed by atoms with van der Waals surface area (Å²) in [6.45, 7) is 0. The van der Waals surface area contributed by atoms with Crippen molar-refractivity contribution < 1.29 is 13.5 Å². The van der Waals surface area contributed by atoms with Crippen molar-refractivity contribution in [3.63, 3.8) is 0 Å². The molecule has 1 aromatic heterocycles. The molecule has 2 nitrogen and oxygen atoms in total. The molecule has 0 N–H and O–H groups in total. The second kappa shape index (κ2) is 4.75. The summed E-state index contributed by atoms with van der Waals surface area (Å²) in [5.74, 6) is 0.123. The molecule has 0 aliphatic rings. The first-order chi connectivity index (χ1) is 6.60. The molecule has 14 heavy (non-hydrogen) atoms. The average molecular weight is 242 g/mol. The Balaban J connectivity index is 3.27. The van der Waals surface area contributed by atoms with E-state index in [2.05, 4.69) is 4.98 Å². The second-order valence-electron chi connectivity index (χ2n) is 2.46. The standard InChI is InChI=1S/C8H7Cl2F2NO/c1-14-5-2-4(3-9)6(10)7(13-5)8(11)12/h2,8H,3H2,1H3. The van der Waals surface area contributed by atoms with Crippen LogP contribution in [0.15, 0.2) is 6.07 Å². The van der Waals surface area contributed by atoms with Crippen molar-refractivity contribution in [1.29, 1.82) is 0 Å². The van der Waals surface area contributed by atoms with Gasteiger partial charge < -0.3 is 4.74 Å². The Morgan fingerprint density at radius 2 is 2.21 bits per heavy atom. The van der Waals surface area contributed by atoms with Gasteiger partial charge in [0, 0.05) is 11.9 Å². The van der Waals surface area contributed by atoms with Crippen molar-refractivity contribution in [2.45, 2.75) is 12.3 Å². The lowest BCUT2D eigenvalue weighted by molar-refractivity contribution is 0.145. The molecule has 0 bridgehead atoms. The van der Waals surface area contributed by atoms with E-state index in [-0.39, 0.29) is 16.8 Å². The Labute approximate surface area is 89.8 Å². The summed E-state index contributed by atoms with van der Waals surface area (Å²) in [4.78, 5) is 3.54. The summed E-state index contributed by atoms with van der Waals surface area (Å²) < 4.78 is 29.6. The van der Waals surface area contributed by atoms with Crippen LogP contribution in [0.5, 0.6) is 5.88 Å². The van der Waals surface area contributed by atoms with Gasteiger partial charge in [0.05, 0.1) is 12.1 Å². The van der Waals surface area contributed by atoms with Crippen molar-refractivity contribution in [3.8, 4) is 5.88 Å². The summed E-state index contributed by atoms with van der Waals surface area (Å²) in [7, 11) is 1.34. The van der Waals surface area contributed by atoms with E-state index in [9.17, 15) is 8.78 Å². The number of ether oxygens (including phenoxy) is 1. The topological polar surface area (TPSA) is 22.1 Å². The third-order valence-corrected chi connectivity index (χ3v) is 2.32. The van der Waals surface area contributed by atoms with Gasteiger partial charge in [-0.15, -0.1) is 11.6 Å². The van der Waals surface area contributed by atoms with E-state index in [1.165, 1.54) is 13.2 Å². The lowest BCUT2D eigenvalue weighted by Crippen LogP contribution is -1.98. The maximum atomic E-state index is 12.4. The number of halogens is 4. The summed E-state index contributed by atoms with van der Waals surface area (Å²) in [6.07, 6.45) is -2.74. The monoisotopic (exact) mass is 241 g/mol. The molecule has 1 rings (SSSR count). The van der Waals surface area contributed by atoms with Crippen LogP contribution in [0.3, 0.4) is 0 Å². The van der Waals surface area contributed by atoms with Crippen molar-refractivity contribution >= 4 is 23.2 Å². The Morgan fingerprint density at radius 3 is 2.64 bits per heavy atom. The molecule has 0 saturated carbocycles. The molecular weight excluding hydrogens is 235 g/mol. The molecule has 0 aromatic carbocycles. The molecule has 6 heteroatoms. The number of pyridine rings is 1. The van der Waals surface area contributed by atoms with Crippen molar-refractivity contribution in [2.24, 2.45) is 0 Å². The predicted molar refractivity (Wildman–Crippen MR) is 50.3 cm³/mol. The van der Waals surface area contributed by atoms with Gasteiger partial charge in [0.2, 0.25) is 5.88 Å². The first kappa shape index (κ1) is 11.5. The highest BCUT2D eigenvalue weighted by atomic mass is 35.5. The SMILES string of the molecule is COc1cc(CCl)c(Cl)c(C(F)F)n1. The van der Waals surface area contributed by atoms with E-state index in [1.807, 2.05) is 0 Å². The van der Waals surface area contributed by atoms with E-state index in [1.54, 1.807) is 0 Å². The van der Waals surface area contributed by atoms with Gasteiger partial charge in [0.1, 0.15) is 5.69 Å². The molecule has 0 fully saturated rings. The minimum Gasteiger partial charge on any atom is -0.481 e. The van der Waals surface area contributed by atoms with Gasteiger partial charge in [-0.25, -0.2) is 13.8 Å². The number of methoxy groups -OCH3 is 1. The van der Waals surface area contributed by atoms with Crippen LogP contribution in [-0.4, -0.2) is 12.1 Å². The number of rotatable bonds is 3. The highest BCUT2D eigenvalue weighted by Gasteiger charge is 2.18. The van der Waals surface area contributed by atoms with Crippen LogP contribution in [0.1, 0.15) is 17.7 Å². The van der Waals surface area contributed by atoms with Gasteiger partial charge in [0.25, 0.3) is 6.43 Å². The number of hydrogen-bond donors (Lipinski definition) is 0. The Bertz CT molecular complexity index is 333. The maximum Gasteiger partial charge on any atom is 0.281 e. The third-order valence-electron chi connectivity index (χ3n) is 1.59. The van der Waals surface area contributed by atoms with Gasteiger partial charge in [-0.1, -0.05) is 11.6 Å². The zero-order valence-electron chi connectivity index (χ0n) is 7.23. The van der Waals surface area contributed by atoms with Crippen LogP contribution in [0.25, 0.3) is 0 Å². The van der Waals surface area contributed by atoms with Gasteiger partial charge >= 0.3 is 0 Å². The minimum atomic E-state index is -2.74. The summed E-state index contributed by atoms with van der Waals surface area (Å²) in [5.41, 5.74) is -0.114. The largest absolute Gasteiger partial charge is 0.481 e. The molecule has 1 heterocycles. The fourth-order valence-electron chi connectivity index (χ4n) is 0.923. The normalized spacial score (nSPS) is 10.7. The van der Waals surface area contributed by atoms with Crippen LogP contribution >= 0.6 is 23.2 Å². The van der Waals surface area contributed by atoms with Gasteiger partial charge in [0.15, 0.2) is 0 Å². The van der Waals surface area contributed by atoms with Crippen LogP contribution in [0.4, 0.5) is 8.78 Å². The molecule has 0 atom stereocenters. The quantitative estimate of drug-likeness (QED) is 0.757. The summed E-state index contributed by atoms with van der Waals surface area (Å²) >= 11 is 11.2. The highest BCUT2D eigenvalue weighted by Crippen LogP contribution is 2.31. The second-order valence-corrected chi connectivity index (χ2v) is 3.10. The predicted octanol–water partition coefficient (Wildman–Crippen LogP) is 3.42. The van der Waals surface area contributed by atoms with Crippen LogP contribution < -0.4 is 4.74 Å².